The molecule has 1 unspecified atom stereocenters. The molecule has 1 N–H and O–H groups in total. The van der Waals surface area contributed by atoms with Crippen molar-refractivity contribution in [2.45, 2.75) is 26.3 Å². The van der Waals surface area contributed by atoms with Gasteiger partial charge in [-0.15, -0.1) is 0 Å². The molecule has 3 nitrogen and oxygen atoms in total. The van der Waals surface area contributed by atoms with E-state index in [1.54, 1.807) is 0 Å². The van der Waals surface area contributed by atoms with Gasteiger partial charge in [-0.05, 0) is 50.6 Å². The lowest BCUT2D eigenvalue weighted by atomic mass is 10.1. The monoisotopic (exact) mass is 248 g/mol. The van der Waals surface area contributed by atoms with Crippen LogP contribution in [0.3, 0.4) is 0 Å². The van der Waals surface area contributed by atoms with Crippen LogP contribution in [0.2, 0.25) is 0 Å². The number of likely N-dealkylation sites (N-methyl/N-ethyl adjacent to an activating group) is 1. The molecular formula is C15H24N2O. The molecule has 0 saturated carbocycles. The van der Waals surface area contributed by atoms with E-state index in [-0.39, 0.29) is 6.61 Å². The average molecular weight is 248 g/mol. The molecule has 0 aromatic heterocycles. The number of hydrogen-bond acceptors (Lipinski definition) is 3. The summed E-state index contributed by atoms with van der Waals surface area (Å²) in [6.45, 7) is 7.73. The first-order chi connectivity index (χ1) is 8.60. The van der Waals surface area contributed by atoms with Crippen LogP contribution in [0.25, 0.3) is 0 Å². The highest BCUT2D eigenvalue weighted by molar-refractivity contribution is 5.52. The minimum Gasteiger partial charge on any atom is -0.396 e. The number of nitrogens with zero attached hydrogens (tertiary/aromatic N) is 2. The molecule has 0 aliphatic carbocycles. The predicted octanol–water partition coefficient (Wildman–Crippen LogP) is 1.81. The van der Waals surface area contributed by atoms with Gasteiger partial charge in [-0.2, -0.15) is 0 Å². The van der Waals surface area contributed by atoms with Gasteiger partial charge in [0.25, 0.3) is 0 Å². The number of hydrogen-bond donors (Lipinski definition) is 1. The van der Waals surface area contributed by atoms with Crippen LogP contribution in [0.15, 0.2) is 18.2 Å². The average Bonchev–Trinajstić information content (AvgIpc) is 2.28. The van der Waals surface area contributed by atoms with Crippen molar-refractivity contribution >= 4 is 5.69 Å². The van der Waals surface area contributed by atoms with Gasteiger partial charge in [-0.1, -0.05) is 6.07 Å². The van der Waals surface area contributed by atoms with Crippen LogP contribution in [0.4, 0.5) is 5.69 Å². The molecule has 18 heavy (non-hydrogen) atoms. The van der Waals surface area contributed by atoms with Gasteiger partial charge in [0, 0.05) is 38.0 Å². The summed E-state index contributed by atoms with van der Waals surface area (Å²) >= 11 is 0. The van der Waals surface area contributed by atoms with Crippen molar-refractivity contribution in [2.24, 2.45) is 0 Å². The van der Waals surface area contributed by atoms with E-state index in [4.69, 9.17) is 0 Å². The molecule has 100 valence electrons. The van der Waals surface area contributed by atoms with E-state index >= 15 is 0 Å². The normalized spacial score (nSPS) is 21.3. The summed E-state index contributed by atoms with van der Waals surface area (Å²) in [6.07, 6.45) is 0.845. The summed E-state index contributed by atoms with van der Waals surface area (Å²) in [7, 11) is 2.16. The third kappa shape index (κ3) is 3.03. The third-order valence-corrected chi connectivity index (χ3v) is 3.69. The zero-order valence-electron chi connectivity index (χ0n) is 11.7. The first kappa shape index (κ1) is 13.4. The fourth-order valence-electron chi connectivity index (χ4n) is 2.86. The summed E-state index contributed by atoms with van der Waals surface area (Å²) in [5.41, 5.74) is 3.93. The van der Waals surface area contributed by atoms with E-state index < -0.39 is 0 Å². The zero-order chi connectivity index (χ0) is 13.1. The van der Waals surface area contributed by atoms with Crippen LogP contribution in [-0.2, 0) is 0 Å². The van der Waals surface area contributed by atoms with E-state index in [0.717, 1.165) is 26.1 Å². The fraction of sp³-hybridized carbons (Fsp3) is 0.600. The van der Waals surface area contributed by atoms with Crippen LogP contribution in [0, 0.1) is 13.8 Å². The van der Waals surface area contributed by atoms with Crippen molar-refractivity contribution in [1.82, 2.24) is 4.90 Å². The Morgan fingerprint density at radius 2 is 1.83 bits per heavy atom. The van der Waals surface area contributed by atoms with Crippen molar-refractivity contribution in [3.8, 4) is 0 Å². The Balaban J connectivity index is 2.23. The zero-order valence-corrected chi connectivity index (χ0v) is 11.7. The third-order valence-electron chi connectivity index (χ3n) is 3.69. The Labute approximate surface area is 110 Å². The van der Waals surface area contributed by atoms with Gasteiger partial charge in [-0.3, -0.25) is 0 Å². The van der Waals surface area contributed by atoms with Crippen LogP contribution in [0.5, 0.6) is 0 Å². The number of anilines is 1. The molecule has 0 bridgehead atoms. The van der Waals surface area contributed by atoms with Gasteiger partial charge < -0.3 is 14.9 Å². The summed E-state index contributed by atoms with van der Waals surface area (Å²) in [6, 6.07) is 7.14. The second kappa shape index (κ2) is 5.72. The van der Waals surface area contributed by atoms with E-state index in [9.17, 15) is 5.11 Å². The summed E-state index contributed by atoms with van der Waals surface area (Å²) in [4.78, 5) is 4.80. The first-order valence-corrected chi connectivity index (χ1v) is 6.74. The van der Waals surface area contributed by atoms with Gasteiger partial charge in [-0.25, -0.2) is 0 Å². The van der Waals surface area contributed by atoms with E-state index in [2.05, 4.69) is 48.9 Å². The second-order valence-electron chi connectivity index (χ2n) is 5.47. The van der Waals surface area contributed by atoms with Crippen LogP contribution < -0.4 is 4.90 Å². The van der Waals surface area contributed by atoms with Gasteiger partial charge in [0.05, 0.1) is 0 Å². The number of benzene rings is 1. The van der Waals surface area contributed by atoms with Crippen LogP contribution in [0.1, 0.15) is 17.5 Å². The quantitative estimate of drug-likeness (QED) is 0.883. The van der Waals surface area contributed by atoms with Gasteiger partial charge >= 0.3 is 0 Å². The molecule has 3 heteroatoms. The number of aliphatic hydroxyl groups excluding tert-OH is 1. The summed E-state index contributed by atoms with van der Waals surface area (Å²) in [5.74, 6) is 0. The molecule has 1 aromatic rings. The summed E-state index contributed by atoms with van der Waals surface area (Å²) < 4.78 is 0. The van der Waals surface area contributed by atoms with Gasteiger partial charge in [0.15, 0.2) is 0 Å². The predicted molar refractivity (Wildman–Crippen MR) is 76.2 cm³/mol. The first-order valence-electron chi connectivity index (χ1n) is 6.74. The van der Waals surface area contributed by atoms with Crippen molar-refractivity contribution in [3.63, 3.8) is 0 Å². The van der Waals surface area contributed by atoms with Gasteiger partial charge in [0.1, 0.15) is 0 Å². The maximum atomic E-state index is 9.23. The van der Waals surface area contributed by atoms with Crippen molar-refractivity contribution in [3.05, 3.63) is 29.3 Å². The van der Waals surface area contributed by atoms with Gasteiger partial charge in [0.2, 0.25) is 0 Å². The highest BCUT2D eigenvalue weighted by atomic mass is 16.3. The highest BCUT2D eigenvalue weighted by Gasteiger charge is 2.25. The van der Waals surface area contributed by atoms with Crippen molar-refractivity contribution in [1.29, 1.82) is 0 Å². The summed E-state index contributed by atoms with van der Waals surface area (Å²) in [5, 5.41) is 9.23. The Kier molecular flexibility index (Phi) is 4.25. The SMILES string of the molecule is Cc1cc(C)cc(N2CCN(C)CC2CCO)c1. The largest absolute Gasteiger partial charge is 0.396 e. The van der Waals surface area contributed by atoms with Crippen LogP contribution in [-0.4, -0.2) is 49.3 Å². The topological polar surface area (TPSA) is 26.7 Å². The maximum Gasteiger partial charge on any atom is 0.0451 e. The van der Waals surface area contributed by atoms with E-state index in [0.29, 0.717) is 6.04 Å². The molecule has 1 saturated heterocycles. The number of rotatable bonds is 3. The van der Waals surface area contributed by atoms with E-state index in [1.165, 1.54) is 16.8 Å². The molecule has 0 radical (unpaired) electrons. The minimum atomic E-state index is 0.264. The molecule has 2 rings (SSSR count). The Morgan fingerprint density at radius 3 is 2.44 bits per heavy atom. The Hall–Kier alpha value is -1.06. The molecule has 1 aromatic carbocycles. The fourth-order valence-corrected chi connectivity index (χ4v) is 2.86. The molecule has 1 atom stereocenters. The second-order valence-corrected chi connectivity index (χ2v) is 5.47. The standard InChI is InChI=1S/C15H24N2O/c1-12-8-13(2)10-15(9-12)17-6-5-16(3)11-14(17)4-7-18/h8-10,14,18H,4-7,11H2,1-3H3. The molecule has 1 aliphatic heterocycles. The molecule has 1 fully saturated rings. The molecule has 1 heterocycles. The lowest BCUT2D eigenvalue weighted by Gasteiger charge is -2.41. The number of aryl methyl sites for hydroxylation is 2. The number of aliphatic hydroxyl groups is 1. The van der Waals surface area contributed by atoms with Crippen molar-refractivity contribution < 1.29 is 5.11 Å². The molecule has 1 aliphatic rings. The molecule has 0 spiro atoms. The highest BCUT2D eigenvalue weighted by Crippen LogP contribution is 2.24. The smallest absolute Gasteiger partial charge is 0.0451 e. The maximum absolute atomic E-state index is 9.23. The Morgan fingerprint density at radius 1 is 1.17 bits per heavy atom. The number of piperazine rings is 1. The van der Waals surface area contributed by atoms with E-state index in [1.807, 2.05) is 0 Å². The molecule has 0 amide bonds. The lowest BCUT2D eigenvalue weighted by Crippen LogP contribution is -2.52. The van der Waals surface area contributed by atoms with Crippen molar-refractivity contribution in [2.75, 3.05) is 38.2 Å². The minimum absolute atomic E-state index is 0.264. The molecular weight excluding hydrogens is 224 g/mol. The van der Waals surface area contributed by atoms with Crippen LogP contribution >= 0.6 is 0 Å². The lowest BCUT2D eigenvalue weighted by molar-refractivity contribution is 0.219. The Bertz CT molecular complexity index is 385.